The van der Waals surface area contributed by atoms with Gasteiger partial charge in [-0.3, -0.25) is 24.0 Å². The molecule has 0 aliphatic carbocycles. The van der Waals surface area contributed by atoms with Crippen molar-refractivity contribution in [2.75, 3.05) is 12.0 Å². The number of carboxylic acids is 1. The molecule has 0 aliphatic heterocycles. The van der Waals surface area contributed by atoms with Crippen molar-refractivity contribution in [2.45, 2.75) is 31.8 Å². The van der Waals surface area contributed by atoms with E-state index in [0.717, 1.165) is 4.57 Å². The third-order valence-corrected chi connectivity index (χ3v) is 5.28. The van der Waals surface area contributed by atoms with E-state index in [1.807, 2.05) is 0 Å². The van der Waals surface area contributed by atoms with Gasteiger partial charge in [0.05, 0.1) is 22.0 Å². The van der Waals surface area contributed by atoms with Gasteiger partial charge in [-0.05, 0) is 30.7 Å². The minimum atomic E-state index is -1.59. The molecule has 1 unspecified atom stereocenters. The molecule has 0 aliphatic rings. The number of carboxylic acid groups (broad SMARTS) is 1. The van der Waals surface area contributed by atoms with Crippen molar-refractivity contribution < 1.29 is 28.7 Å². The summed E-state index contributed by atoms with van der Waals surface area (Å²) in [6, 6.07) is 4.42. The molecule has 2 aromatic rings. The van der Waals surface area contributed by atoms with Crippen LogP contribution in [-0.4, -0.2) is 46.0 Å². The molecule has 0 fully saturated rings. The van der Waals surface area contributed by atoms with Crippen LogP contribution in [0.15, 0.2) is 41.3 Å². The SMILES string of the molecule is CCC(C(=O)N[C@@H](CC(=O)O)C(=O)CF)n1cccc(NC(=O)c2c(Cl)cccc2Cl)c1=O. The van der Waals surface area contributed by atoms with Gasteiger partial charge in [-0.1, -0.05) is 36.2 Å². The molecule has 3 N–H and O–H groups in total. The molecule has 9 nitrogen and oxygen atoms in total. The monoisotopic (exact) mass is 499 g/mol. The van der Waals surface area contributed by atoms with Crippen LogP contribution in [0.25, 0.3) is 0 Å². The standard InChI is InChI=1S/C21H20Cl2FN3O6/c1-2-15(19(31)26-14(9-17(29)30)16(28)10-24)27-8-4-7-13(21(27)33)25-20(32)18-11(22)5-3-6-12(18)23/h3-8,14-15H,2,9-10H2,1H3,(H,25,32)(H,26,31)(H,29,30)/t14-,15?/m0/s1. The Hall–Kier alpha value is -3.24. The molecule has 0 saturated carbocycles. The Bertz CT molecular complexity index is 1120. The average Bonchev–Trinajstić information content (AvgIpc) is 2.75. The molecule has 176 valence electrons. The van der Waals surface area contributed by atoms with Crippen LogP contribution < -0.4 is 16.2 Å². The number of rotatable bonds is 10. The average molecular weight is 500 g/mol. The van der Waals surface area contributed by atoms with Crippen molar-refractivity contribution in [3.8, 4) is 0 Å². The highest BCUT2D eigenvalue weighted by molar-refractivity contribution is 6.40. The van der Waals surface area contributed by atoms with Gasteiger partial charge in [0.25, 0.3) is 11.5 Å². The first-order valence-electron chi connectivity index (χ1n) is 9.68. The molecule has 0 bridgehead atoms. The summed E-state index contributed by atoms with van der Waals surface area (Å²) in [5.74, 6) is -4.11. The Morgan fingerprint density at radius 1 is 1.12 bits per heavy atom. The van der Waals surface area contributed by atoms with Crippen molar-refractivity contribution >= 4 is 52.5 Å². The van der Waals surface area contributed by atoms with Crippen LogP contribution in [0.1, 0.15) is 36.2 Å². The van der Waals surface area contributed by atoms with Crippen LogP contribution in [0.3, 0.4) is 0 Å². The fourth-order valence-corrected chi connectivity index (χ4v) is 3.61. The lowest BCUT2D eigenvalue weighted by Crippen LogP contribution is -2.47. The number of carbonyl (C=O) groups excluding carboxylic acids is 3. The van der Waals surface area contributed by atoms with E-state index in [1.165, 1.54) is 30.5 Å². The number of Topliss-reactive ketones (excluding diaryl/α,β-unsaturated/α-hetero) is 1. The van der Waals surface area contributed by atoms with E-state index >= 15 is 0 Å². The van der Waals surface area contributed by atoms with Crippen LogP contribution in [0.5, 0.6) is 0 Å². The third kappa shape index (κ3) is 6.39. The second-order valence-electron chi connectivity index (χ2n) is 6.87. The first kappa shape index (κ1) is 26.0. The summed E-state index contributed by atoms with van der Waals surface area (Å²) in [4.78, 5) is 60.9. The summed E-state index contributed by atoms with van der Waals surface area (Å²) in [5.41, 5.74) is -0.962. The minimum absolute atomic E-state index is 0.0401. The van der Waals surface area contributed by atoms with E-state index in [2.05, 4.69) is 10.6 Å². The molecule has 12 heteroatoms. The van der Waals surface area contributed by atoms with Crippen molar-refractivity contribution in [1.29, 1.82) is 0 Å². The van der Waals surface area contributed by atoms with Gasteiger partial charge in [-0.15, -0.1) is 0 Å². The number of alkyl halides is 1. The number of carbonyl (C=O) groups is 4. The number of hydrogen-bond donors (Lipinski definition) is 3. The van der Waals surface area contributed by atoms with Crippen LogP contribution >= 0.6 is 23.2 Å². The lowest BCUT2D eigenvalue weighted by atomic mass is 10.1. The van der Waals surface area contributed by atoms with Gasteiger partial charge in [0.1, 0.15) is 24.4 Å². The number of halogens is 3. The Labute approximate surface area is 197 Å². The molecule has 1 aromatic carbocycles. The van der Waals surface area contributed by atoms with Crippen molar-refractivity contribution in [3.05, 3.63) is 62.5 Å². The van der Waals surface area contributed by atoms with Crippen LogP contribution in [0.2, 0.25) is 10.0 Å². The second kappa shape index (κ2) is 11.6. The lowest BCUT2D eigenvalue weighted by Gasteiger charge is -2.22. The summed E-state index contributed by atoms with van der Waals surface area (Å²) >= 11 is 12.0. The van der Waals surface area contributed by atoms with Crippen molar-refractivity contribution in [2.24, 2.45) is 0 Å². The van der Waals surface area contributed by atoms with E-state index < -0.39 is 54.3 Å². The first-order chi connectivity index (χ1) is 15.6. The Morgan fingerprint density at radius 3 is 2.30 bits per heavy atom. The van der Waals surface area contributed by atoms with E-state index in [-0.39, 0.29) is 27.7 Å². The number of benzene rings is 1. The van der Waals surface area contributed by atoms with Crippen molar-refractivity contribution in [3.63, 3.8) is 0 Å². The maximum absolute atomic E-state index is 12.9. The molecule has 2 amide bonds. The fourth-order valence-electron chi connectivity index (χ4n) is 3.04. The zero-order valence-electron chi connectivity index (χ0n) is 17.3. The number of hydrogen-bond acceptors (Lipinski definition) is 5. The van der Waals surface area contributed by atoms with Gasteiger partial charge in [0.2, 0.25) is 5.91 Å². The van der Waals surface area contributed by atoms with Crippen LogP contribution in [0.4, 0.5) is 10.1 Å². The van der Waals surface area contributed by atoms with Crippen molar-refractivity contribution in [1.82, 2.24) is 9.88 Å². The van der Waals surface area contributed by atoms with Gasteiger partial charge in [-0.25, -0.2) is 4.39 Å². The molecular weight excluding hydrogens is 480 g/mol. The molecular formula is C21H20Cl2FN3O6. The highest BCUT2D eigenvalue weighted by Crippen LogP contribution is 2.25. The fraction of sp³-hybridized carbons (Fsp3) is 0.286. The topological polar surface area (TPSA) is 135 Å². The highest BCUT2D eigenvalue weighted by Gasteiger charge is 2.28. The number of aliphatic carboxylic acids is 1. The highest BCUT2D eigenvalue weighted by atomic mass is 35.5. The van der Waals surface area contributed by atoms with Gasteiger partial charge in [0.15, 0.2) is 5.78 Å². The maximum atomic E-state index is 12.9. The van der Waals surface area contributed by atoms with Gasteiger partial charge >= 0.3 is 5.97 Å². The van der Waals surface area contributed by atoms with E-state index in [4.69, 9.17) is 28.3 Å². The third-order valence-electron chi connectivity index (χ3n) is 4.65. The molecule has 0 saturated heterocycles. The summed E-state index contributed by atoms with van der Waals surface area (Å²) < 4.78 is 13.8. The van der Waals surface area contributed by atoms with Crippen LogP contribution in [-0.2, 0) is 14.4 Å². The summed E-state index contributed by atoms with van der Waals surface area (Å²) in [6.07, 6.45) is 0.551. The number of amides is 2. The number of ketones is 1. The summed E-state index contributed by atoms with van der Waals surface area (Å²) in [5, 5.41) is 13.6. The molecule has 2 atom stereocenters. The Balaban J connectivity index is 2.32. The maximum Gasteiger partial charge on any atom is 0.305 e. The second-order valence-corrected chi connectivity index (χ2v) is 7.68. The van der Waals surface area contributed by atoms with Gasteiger partial charge in [-0.2, -0.15) is 0 Å². The predicted octanol–water partition coefficient (Wildman–Crippen LogP) is 2.86. The zero-order chi connectivity index (χ0) is 24.7. The lowest BCUT2D eigenvalue weighted by molar-refractivity contribution is -0.140. The number of nitrogens with zero attached hydrogens (tertiary/aromatic N) is 1. The van der Waals surface area contributed by atoms with Gasteiger partial charge in [0, 0.05) is 6.20 Å². The largest absolute Gasteiger partial charge is 0.481 e. The minimum Gasteiger partial charge on any atom is -0.481 e. The number of pyridine rings is 1. The molecule has 0 spiro atoms. The molecule has 2 rings (SSSR count). The molecule has 33 heavy (non-hydrogen) atoms. The van der Waals surface area contributed by atoms with E-state index in [9.17, 15) is 28.4 Å². The predicted molar refractivity (Wildman–Crippen MR) is 120 cm³/mol. The van der Waals surface area contributed by atoms with E-state index in [0.29, 0.717) is 0 Å². The zero-order valence-corrected chi connectivity index (χ0v) is 18.8. The number of aromatic nitrogens is 1. The number of nitrogens with one attached hydrogen (secondary N) is 2. The smallest absolute Gasteiger partial charge is 0.305 e. The number of anilines is 1. The summed E-state index contributed by atoms with van der Waals surface area (Å²) in [7, 11) is 0. The quantitative estimate of drug-likeness (QED) is 0.459. The van der Waals surface area contributed by atoms with Gasteiger partial charge < -0.3 is 20.3 Å². The normalized spacial score (nSPS) is 12.5. The Morgan fingerprint density at radius 2 is 1.76 bits per heavy atom. The molecule has 1 aromatic heterocycles. The Kier molecular flexibility index (Phi) is 9.12. The van der Waals surface area contributed by atoms with Crippen LogP contribution in [0, 0.1) is 0 Å². The molecule has 1 heterocycles. The van der Waals surface area contributed by atoms with E-state index in [1.54, 1.807) is 13.0 Å². The first-order valence-corrected chi connectivity index (χ1v) is 10.4. The summed E-state index contributed by atoms with van der Waals surface area (Å²) in [6.45, 7) is 0.121. The molecule has 0 radical (unpaired) electrons.